The Labute approximate surface area is 252 Å². The quantitative estimate of drug-likeness (QED) is 0.234. The number of alkyl halides is 3. The van der Waals surface area contributed by atoms with E-state index in [-0.39, 0.29) is 18.7 Å². The summed E-state index contributed by atoms with van der Waals surface area (Å²) >= 11 is 3.41. The van der Waals surface area contributed by atoms with Crippen LogP contribution in [0.3, 0.4) is 0 Å². The minimum absolute atomic E-state index is 0.0445. The van der Waals surface area contributed by atoms with Crippen LogP contribution >= 0.6 is 15.9 Å². The monoisotopic (exact) mass is 667 g/mol. The number of sulfonamides is 1. The molecule has 0 fully saturated rings. The number of hydrogen-bond donors (Lipinski definition) is 1. The Morgan fingerprint density at radius 3 is 2.24 bits per heavy atom. The molecule has 3 aromatic carbocycles. The zero-order chi connectivity index (χ0) is 30.9. The van der Waals surface area contributed by atoms with Gasteiger partial charge in [0, 0.05) is 24.0 Å². The van der Waals surface area contributed by atoms with Crippen LogP contribution in [-0.2, 0) is 38.8 Å². The second-order valence-electron chi connectivity index (χ2n) is 9.82. The second-order valence-corrected chi connectivity index (χ2v) is 12.6. The molecule has 0 aliphatic carbocycles. The van der Waals surface area contributed by atoms with Gasteiger partial charge in [0.25, 0.3) is 0 Å². The molecule has 2 amide bonds. The molecule has 0 saturated heterocycles. The summed E-state index contributed by atoms with van der Waals surface area (Å²) in [4.78, 5) is 28.9. The number of nitrogens with one attached hydrogen (secondary N) is 1. The molecule has 0 unspecified atom stereocenters. The molecule has 1 N–H and O–H groups in total. The first-order valence-corrected chi connectivity index (χ1v) is 15.9. The van der Waals surface area contributed by atoms with E-state index in [0.29, 0.717) is 22.5 Å². The van der Waals surface area contributed by atoms with Gasteiger partial charge in [-0.25, -0.2) is 8.42 Å². The van der Waals surface area contributed by atoms with Crippen LogP contribution in [0.15, 0.2) is 83.3 Å². The van der Waals surface area contributed by atoms with E-state index in [1.807, 2.05) is 25.1 Å². The fourth-order valence-corrected chi connectivity index (χ4v) is 5.63. The highest BCUT2D eigenvalue weighted by molar-refractivity contribution is 9.10. The van der Waals surface area contributed by atoms with Crippen LogP contribution in [0.25, 0.3) is 0 Å². The third-order valence-corrected chi connectivity index (χ3v) is 8.12. The van der Waals surface area contributed by atoms with Gasteiger partial charge in [0.1, 0.15) is 12.6 Å². The van der Waals surface area contributed by atoms with Crippen molar-refractivity contribution in [3.05, 3.63) is 100 Å². The predicted octanol–water partition coefficient (Wildman–Crippen LogP) is 5.79. The number of unbranched alkanes of at least 4 members (excludes halogenated alkanes) is 1. The van der Waals surface area contributed by atoms with Gasteiger partial charge in [0.2, 0.25) is 21.8 Å². The lowest BCUT2D eigenvalue weighted by Crippen LogP contribution is -2.53. The Kier molecular flexibility index (Phi) is 11.6. The molecule has 0 spiro atoms. The largest absolute Gasteiger partial charge is 0.416 e. The van der Waals surface area contributed by atoms with E-state index < -0.39 is 46.2 Å². The highest BCUT2D eigenvalue weighted by Crippen LogP contribution is 2.32. The van der Waals surface area contributed by atoms with Gasteiger partial charge in [-0.1, -0.05) is 77.8 Å². The van der Waals surface area contributed by atoms with Gasteiger partial charge in [0.05, 0.1) is 17.5 Å². The number of amides is 2. The molecule has 0 heterocycles. The zero-order valence-electron chi connectivity index (χ0n) is 23.3. The number of halogens is 4. The summed E-state index contributed by atoms with van der Waals surface area (Å²) in [6.45, 7) is 1.52. The van der Waals surface area contributed by atoms with E-state index in [0.717, 1.165) is 41.3 Å². The summed E-state index contributed by atoms with van der Waals surface area (Å²) in [5.74, 6) is -1.16. The first-order chi connectivity index (χ1) is 19.8. The maximum absolute atomic E-state index is 14.0. The van der Waals surface area contributed by atoms with Crippen molar-refractivity contribution in [1.29, 1.82) is 0 Å². The van der Waals surface area contributed by atoms with E-state index in [9.17, 15) is 31.2 Å². The van der Waals surface area contributed by atoms with E-state index >= 15 is 0 Å². The standard InChI is InChI=1S/C30H33BrF3N3O4S/c1-3-4-16-35-29(39)27(18-22-10-6-5-7-11-22)36(20-23-12-8-14-25(31)17-23)28(38)21-37(42(2,40)41)26-15-9-13-24(19-26)30(32,33)34/h5-15,17,19,27H,3-4,16,18,20-21H2,1-2H3,(H,35,39)/t27-/m1/s1. The molecule has 0 saturated carbocycles. The van der Waals surface area contributed by atoms with Gasteiger partial charge in [0.15, 0.2) is 0 Å². The van der Waals surface area contributed by atoms with Crippen molar-refractivity contribution < 1.29 is 31.2 Å². The molecule has 0 aliphatic rings. The lowest BCUT2D eigenvalue weighted by atomic mass is 10.0. The number of carbonyl (C=O) groups excluding carboxylic acids is 2. The van der Waals surface area contributed by atoms with Crippen molar-refractivity contribution in [3.8, 4) is 0 Å². The first kappa shape index (κ1) is 33.1. The summed E-state index contributed by atoms with van der Waals surface area (Å²) in [5, 5.41) is 2.88. The first-order valence-electron chi connectivity index (χ1n) is 13.3. The molecule has 0 aromatic heterocycles. The Morgan fingerprint density at radius 1 is 0.952 bits per heavy atom. The van der Waals surface area contributed by atoms with Crippen LogP contribution in [0.2, 0.25) is 0 Å². The van der Waals surface area contributed by atoms with Gasteiger partial charge in [-0.3, -0.25) is 13.9 Å². The van der Waals surface area contributed by atoms with Crippen molar-refractivity contribution in [2.45, 2.75) is 44.9 Å². The van der Waals surface area contributed by atoms with E-state index in [2.05, 4.69) is 21.2 Å². The number of carbonyl (C=O) groups is 2. The maximum atomic E-state index is 14.0. The van der Waals surface area contributed by atoms with Crippen LogP contribution in [0.5, 0.6) is 0 Å². The number of nitrogens with zero attached hydrogens (tertiary/aromatic N) is 2. The molecule has 3 aromatic rings. The molecule has 226 valence electrons. The van der Waals surface area contributed by atoms with Gasteiger partial charge in [-0.05, 0) is 47.9 Å². The number of anilines is 1. The molecule has 12 heteroatoms. The molecule has 0 bridgehead atoms. The summed E-state index contributed by atoms with van der Waals surface area (Å²) in [5.41, 5.74) is 0.0829. The number of rotatable bonds is 13. The van der Waals surface area contributed by atoms with Crippen molar-refractivity contribution in [1.82, 2.24) is 10.2 Å². The van der Waals surface area contributed by atoms with Gasteiger partial charge < -0.3 is 10.2 Å². The Balaban J connectivity index is 2.06. The third kappa shape index (κ3) is 9.59. The summed E-state index contributed by atoms with van der Waals surface area (Å²) in [6, 6.07) is 18.9. The number of benzene rings is 3. The van der Waals surface area contributed by atoms with E-state index in [1.54, 1.807) is 36.4 Å². The van der Waals surface area contributed by atoms with Crippen molar-refractivity contribution in [3.63, 3.8) is 0 Å². The van der Waals surface area contributed by atoms with Crippen LogP contribution in [-0.4, -0.2) is 50.5 Å². The molecular formula is C30H33BrF3N3O4S. The average molecular weight is 669 g/mol. The molecule has 7 nitrogen and oxygen atoms in total. The minimum atomic E-state index is -4.71. The SMILES string of the molecule is CCCCNC(=O)[C@@H](Cc1ccccc1)N(Cc1cccc(Br)c1)C(=O)CN(c1cccc(C(F)(F)F)c1)S(C)(=O)=O. The molecule has 0 aliphatic heterocycles. The van der Waals surface area contributed by atoms with Crippen LogP contribution in [0.4, 0.5) is 18.9 Å². The highest BCUT2D eigenvalue weighted by Gasteiger charge is 2.35. The lowest BCUT2D eigenvalue weighted by molar-refractivity contribution is -0.140. The minimum Gasteiger partial charge on any atom is -0.354 e. The Morgan fingerprint density at radius 2 is 1.62 bits per heavy atom. The van der Waals surface area contributed by atoms with Crippen LogP contribution < -0.4 is 9.62 Å². The van der Waals surface area contributed by atoms with Gasteiger partial charge in [-0.2, -0.15) is 13.2 Å². The maximum Gasteiger partial charge on any atom is 0.416 e. The molecule has 1 atom stereocenters. The van der Waals surface area contributed by atoms with Gasteiger partial charge in [-0.15, -0.1) is 0 Å². The summed E-state index contributed by atoms with van der Waals surface area (Å²) < 4.78 is 67.3. The van der Waals surface area contributed by atoms with E-state index in [1.165, 1.54) is 11.0 Å². The Bertz CT molecular complexity index is 1470. The van der Waals surface area contributed by atoms with Crippen molar-refractivity contribution in [2.75, 3.05) is 23.7 Å². The summed E-state index contributed by atoms with van der Waals surface area (Å²) in [6.07, 6.45) is -2.20. The summed E-state index contributed by atoms with van der Waals surface area (Å²) in [7, 11) is -4.20. The second kappa shape index (κ2) is 14.7. The topological polar surface area (TPSA) is 86.8 Å². The van der Waals surface area contributed by atoms with E-state index in [4.69, 9.17) is 0 Å². The number of hydrogen-bond acceptors (Lipinski definition) is 4. The fourth-order valence-electron chi connectivity index (χ4n) is 4.34. The average Bonchev–Trinajstić information content (AvgIpc) is 2.93. The smallest absolute Gasteiger partial charge is 0.354 e. The molecule has 42 heavy (non-hydrogen) atoms. The lowest BCUT2D eigenvalue weighted by Gasteiger charge is -2.33. The predicted molar refractivity (Wildman–Crippen MR) is 160 cm³/mol. The van der Waals surface area contributed by atoms with Crippen LogP contribution in [0.1, 0.15) is 36.5 Å². The third-order valence-electron chi connectivity index (χ3n) is 6.48. The van der Waals surface area contributed by atoms with Crippen LogP contribution in [0, 0.1) is 0 Å². The fraction of sp³-hybridized carbons (Fsp3) is 0.333. The zero-order valence-corrected chi connectivity index (χ0v) is 25.7. The van der Waals surface area contributed by atoms with Crippen molar-refractivity contribution >= 4 is 43.5 Å². The molecular weight excluding hydrogens is 635 g/mol. The normalized spacial score (nSPS) is 12.4. The highest BCUT2D eigenvalue weighted by atomic mass is 79.9. The Hall–Kier alpha value is -3.38. The van der Waals surface area contributed by atoms with Gasteiger partial charge >= 0.3 is 6.18 Å². The molecule has 3 rings (SSSR count). The van der Waals surface area contributed by atoms with Crippen molar-refractivity contribution in [2.24, 2.45) is 0 Å². The molecule has 0 radical (unpaired) electrons.